The maximum absolute atomic E-state index is 13.4. The first-order valence-corrected chi connectivity index (χ1v) is 4.91. The largest absolute Gasteiger partial charge is 0.378 e. The summed E-state index contributed by atoms with van der Waals surface area (Å²) in [5.74, 6) is -11.5. The Morgan fingerprint density at radius 3 is 1.68 bits per heavy atom. The fourth-order valence-corrected chi connectivity index (χ4v) is 1.46. The minimum atomic E-state index is -2.87. The molecule has 0 aliphatic carbocycles. The molecule has 19 heavy (non-hydrogen) atoms. The molecule has 2 unspecified atom stereocenters. The molecule has 0 aliphatic rings. The predicted octanol–water partition coefficient (Wildman–Crippen LogP) is 2.25. The molecule has 9 heteroatoms. The lowest BCUT2D eigenvalue weighted by Gasteiger charge is -2.25. The summed E-state index contributed by atoms with van der Waals surface area (Å²) in [7, 11) is 0. The van der Waals surface area contributed by atoms with Gasteiger partial charge in [-0.1, -0.05) is 0 Å². The van der Waals surface area contributed by atoms with Crippen molar-refractivity contribution in [3.05, 3.63) is 44.8 Å². The second kappa shape index (κ2) is 4.72. The van der Waals surface area contributed by atoms with Crippen LogP contribution in [0.25, 0.3) is 0 Å². The van der Waals surface area contributed by atoms with Crippen LogP contribution in [0.3, 0.4) is 0 Å². The number of nitro groups is 1. The first kappa shape index (κ1) is 15.3. The highest BCUT2D eigenvalue weighted by atomic mass is 19.2. The Balaban J connectivity index is 3.64. The van der Waals surface area contributed by atoms with Gasteiger partial charge in [-0.2, -0.15) is 0 Å². The number of nitrogens with zero attached hydrogens (tertiary/aromatic N) is 1. The number of aliphatic hydroxyl groups is 1. The van der Waals surface area contributed by atoms with Gasteiger partial charge in [0.15, 0.2) is 28.9 Å². The van der Waals surface area contributed by atoms with Crippen molar-refractivity contribution in [3.63, 3.8) is 0 Å². The lowest BCUT2D eigenvalue weighted by atomic mass is 9.88. The Hall–Kier alpha value is -1.77. The van der Waals surface area contributed by atoms with E-state index in [1.54, 1.807) is 0 Å². The van der Waals surface area contributed by atoms with E-state index in [4.69, 9.17) is 0 Å². The molecule has 0 amide bonds. The lowest BCUT2D eigenvalue weighted by molar-refractivity contribution is -0.542. The van der Waals surface area contributed by atoms with Gasteiger partial charge in [-0.25, -0.2) is 22.0 Å². The van der Waals surface area contributed by atoms with Crippen LogP contribution >= 0.6 is 0 Å². The molecule has 0 aliphatic heterocycles. The van der Waals surface area contributed by atoms with Gasteiger partial charge in [0.2, 0.25) is 11.9 Å². The van der Waals surface area contributed by atoms with Crippen molar-refractivity contribution in [2.24, 2.45) is 0 Å². The molecule has 0 bridgehead atoms. The van der Waals surface area contributed by atoms with Gasteiger partial charge < -0.3 is 5.11 Å². The van der Waals surface area contributed by atoms with E-state index in [1.165, 1.54) is 0 Å². The fourth-order valence-electron chi connectivity index (χ4n) is 1.46. The Labute approximate surface area is 103 Å². The van der Waals surface area contributed by atoms with E-state index in [1.807, 2.05) is 0 Å². The first-order chi connectivity index (χ1) is 8.53. The monoisotopic (exact) mass is 285 g/mol. The van der Waals surface area contributed by atoms with E-state index < -0.39 is 51.2 Å². The zero-order chi connectivity index (χ0) is 15.1. The molecule has 1 aromatic carbocycles. The van der Waals surface area contributed by atoms with Gasteiger partial charge >= 0.3 is 0 Å². The second-order valence-corrected chi connectivity index (χ2v) is 4.05. The van der Waals surface area contributed by atoms with Crippen molar-refractivity contribution < 1.29 is 32.0 Å². The topological polar surface area (TPSA) is 63.4 Å². The Morgan fingerprint density at radius 2 is 1.37 bits per heavy atom. The van der Waals surface area contributed by atoms with Crippen molar-refractivity contribution >= 4 is 0 Å². The quantitative estimate of drug-likeness (QED) is 0.304. The van der Waals surface area contributed by atoms with Crippen LogP contribution in [-0.4, -0.2) is 16.1 Å². The van der Waals surface area contributed by atoms with Crippen molar-refractivity contribution in [1.82, 2.24) is 0 Å². The molecule has 0 aromatic heterocycles. The lowest BCUT2D eigenvalue weighted by Crippen LogP contribution is -2.42. The first-order valence-electron chi connectivity index (χ1n) is 4.91. The molecule has 106 valence electrons. The smallest absolute Gasteiger partial charge is 0.242 e. The summed E-state index contributed by atoms with van der Waals surface area (Å²) >= 11 is 0. The minimum absolute atomic E-state index is 0.596. The van der Waals surface area contributed by atoms with E-state index in [2.05, 4.69) is 0 Å². The van der Waals surface area contributed by atoms with E-state index in [0.717, 1.165) is 6.92 Å². The highest BCUT2D eigenvalue weighted by Crippen LogP contribution is 2.34. The van der Waals surface area contributed by atoms with Gasteiger partial charge in [-0.3, -0.25) is 10.1 Å². The van der Waals surface area contributed by atoms with E-state index in [0.29, 0.717) is 6.92 Å². The van der Waals surface area contributed by atoms with E-state index in [9.17, 15) is 37.2 Å². The SMILES string of the molecule is CC([N+](=O)[O-])C(C)(O)c1c(F)c(F)c(F)c(F)c1F. The number of hydrogen-bond acceptors (Lipinski definition) is 3. The van der Waals surface area contributed by atoms with Crippen LogP contribution in [0.2, 0.25) is 0 Å². The molecule has 4 nitrogen and oxygen atoms in total. The molecule has 2 atom stereocenters. The summed E-state index contributed by atoms with van der Waals surface area (Å²) in [5, 5.41) is 20.3. The molecule has 0 spiro atoms. The summed E-state index contributed by atoms with van der Waals surface area (Å²) in [6.45, 7) is 1.37. The third kappa shape index (κ3) is 2.25. The molecule has 1 rings (SSSR count). The van der Waals surface area contributed by atoms with Crippen LogP contribution in [0.1, 0.15) is 19.4 Å². The van der Waals surface area contributed by atoms with Crippen LogP contribution < -0.4 is 0 Å². The molecule has 0 heterocycles. The zero-order valence-electron chi connectivity index (χ0n) is 9.68. The summed E-state index contributed by atoms with van der Waals surface area (Å²) in [6, 6.07) is -1.99. The van der Waals surface area contributed by atoms with Crippen LogP contribution in [0.4, 0.5) is 22.0 Å². The number of hydrogen-bond donors (Lipinski definition) is 1. The average Bonchev–Trinajstić information content (AvgIpc) is 2.32. The van der Waals surface area contributed by atoms with Crippen molar-refractivity contribution in [2.45, 2.75) is 25.5 Å². The van der Waals surface area contributed by atoms with Gasteiger partial charge in [-0.05, 0) is 6.92 Å². The van der Waals surface area contributed by atoms with Crippen molar-refractivity contribution in [3.8, 4) is 0 Å². The molecule has 0 radical (unpaired) electrons. The highest BCUT2D eigenvalue weighted by molar-refractivity contribution is 5.29. The van der Waals surface area contributed by atoms with Gasteiger partial charge in [0.1, 0.15) is 0 Å². The second-order valence-electron chi connectivity index (χ2n) is 4.05. The molecule has 0 saturated heterocycles. The maximum atomic E-state index is 13.4. The zero-order valence-corrected chi connectivity index (χ0v) is 9.68. The Morgan fingerprint density at radius 1 is 1.05 bits per heavy atom. The molecule has 0 saturated carbocycles. The summed E-state index contributed by atoms with van der Waals surface area (Å²) in [6.07, 6.45) is 0. The molecular weight excluding hydrogens is 277 g/mol. The predicted molar refractivity (Wildman–Crippen MR) is 52.3 cm³/mol. The van der Waals surface area contributed by atoms with Crippen LogP contribution in [-0.2, 0) is 5.60 Å². The minimum Gasteiger partial charge on any atom is -0.378 e. The standard InChI is InChI=1S/C10H8F5NO3/c1-3(16(18)19)10(2,17)4-5(11)7(13)9(15)8(14)6(4)12/h3,17H,1-2H3. The molecular formula is C10H8F5NO3. The average molecular weight is 285 g/mol. The van der Waals surface area contributed by atoms with Crippen LogP contribution in [0, 0.1) is 39.2 Å². The van der Waals surface area contributed by atoms with Gasteiger partial charge in [0, 0.05) is 11.8 Å². The van der Waals surface area contributed by atoms with Crippen LogP contribution in [0.5, 0.6) is 0 Å². The highest BCUT2D eigenvalue weighted by Gasteiger charge is 2.45. The Bertz CT molecular complexity index is 517. The van der Waals surface area contributed by atoms with Gasteiger partial charge in [0.25, 0.3) is 0 Å². The number of halogens is 5. The van der Waals surface area contributed by atoms with Crippen LogP contribution in [0.15, 0.2) is 0 Å². The van der Waals surface area contributed by atoms with E-state index >= 15 is 0 Å². The van der Waals surface area contributed by atoms with Crippen molar-refractivity contribution in [1.29, 1.82) is 0 Å². The number of rotatable bonds is 3. The van der Waals surface area contributed by atoms with Gasteiger partial charge in [-0.15, -0.1) is 0 Å². The third-order valence-corrected chi connectivity index (χ3v) is 2.85. The third-order valence-electron chi connectivity index (χ3n) is 2.85. The number of benzene rings is 1. The summed E-state index contributed by atoms with van der Waals surface area (Å²) in [5.41, 5.74) is -4.50. The maximum Gasteiger partial charge on any atom is 0.242 e. The van der Waals surface area contributed by atoms with Crippen molar-refractivity contribution in [2.75, 3.05) is 0 Å². The molecule has 1 aromatic rings. The molecule has 1 N–H and O–H groups in total. The summed E-state index contributed by atoms with van der Waals surface area (Å²) in [4.78, 5) is 9.42. The molecule has 0 fully saturated rings. The summed E-state index contributed by atoms with van der Waals surface area (Å²) < 4.78 is 65.6. The van der Waals surface area contributed by atoms with E-state index in [-0.39, 0.29) is 0 Å². The normalized spacial score (nSPS) is 16.0. The fraction of sp³-hybridized carbons (Fsp3) is 0.400. The Kier molecular flexibility index (Phi) is 3.80. The van der Waals surface area contributed by atoms with Gasteiger partial charge in [0.05, 0.1) is 5.56 Å².